The first-order chi connectivity index (χ1) is 12.1. The van der Waals surface area contributed by atoms with Crippen LogP contribution in [0.3, 0.4) is 0 Å². The standard InChI is InChI=1S/C20H24Cl2N2O/c1-15(24-10-8-23(9-11-24)12-13-25)16-2-4-17(5-3-16)18-6-7-19(21)20(22)14-18/h2-7,14-15,25H,8-13H2,1H3. The van der Waals surface area contributed by atoms with Crippen molar-refractivity contribution in [3.05, 3.63) is 58.1 Å². The van der Waals surface area contributed by atoms with E-state index in [4.69, 9.17) is 28.3 Å². The quantitative estimate of drug-likeness (QED) is 0.838. The Bertz CT molecular complexity index is 697. The molecule has 1 unspecified atom stereocenters. The minimum Gasteiger partial charge on any atom is -0.395 e. The third-order valence-electron chi connectivity index (χ3n) is 5.02. The lowest BCUT2D eigenvalue weighted by Crippen LogP contribution is -2.47. The molecule has 1 heterocycles. The fourth-order valence-electron chi connectivity index (χ4n) is 3.36. The van der Waals surface area contributed by atoms with Gasteiger partial charge in [0.15, 0.2) is 0 Å². The molecule has 1 saturated heterocycles. The molecule has 3 nitrogen and oxygen atoms in total. The Labute approximate surface area is 159 Å². The molecule has 0 aromatic heterocycles. The van der Waals surface area contributed by atoms with Crippen LogP contribution in [0.4, 0.5) is 0 Å². The molecule has 25 heavy (non-hydrogen) atoms. The first-order valence-corrected chi connectivity index (χ1v) is 9.46. The van der Waals surface area contributed by atoms with Crippen molar-refractivity contribution in [1.82, 2.24) is 9.80 Å². The number of nitrogens with zero attached hydrogens (tertiary/aromatic N) is 2. The Kier molecular flexibility index (Phi) is 6.37. The van der Waals surface area contributed by atoms with Crippen molar-refractivity contribution in [2.75, 3.05) is 39.3 Å². The lowest BCUT2D eigenvalue weighted by atomic mass is 10.0. The highest BCUT2D eigenvalue weighted by atomic mass is 35.5. The molecule has 0 bridgehead atoms. The highest BCUT2D eigenvalue weighted by Crippen LogP contribution is 2.30. The molecule has 2 aromatic rings. The average Bonchev–Trinajstić information content (AvgIpc) is 2.64. The zero-order valence-corrected chi connectivity index (χ0v) is 16.0. The summed E-state index contributed by atoms with van der Waals surface area (Å²) >= 11 is 12.1. The number of aliphatic hydroxyl groups excluding tert-OH is 1. The summed E-state index contributed by atoms with van der Waals surface area (Å²) in [6, 6.07) is 14.8. The van der Waals surface area contributed by atoms with Crippen LogP contribution in [-0.4, -0.2) is 54.2 Å². The van der Waals surface area contributed by atoms with Gasteiger partial charge in [0.25, 0.3) is 0 Å². The van der Waals surface area contributed by atoms with E-state index in [-0.39, 0.29) is 6.61 Å². The van der Waals surface area contributed by atoms with Crippen LogP contribution in [0, 0.1) is 0 Å². The highest BCUT2D eigenvalue weighted by Gasteiger charge is 2.21. The first-order valence-electron chi connectivity index (χ1n) is 8.71. The molecule has 134 valence electrons. The monoisotopic (exact) mass is 378 g/mol. The molecule has 0 spiro atoms. The van der Waals surface area contributed by atoms with Gasteiger partial charge in [0, 0.05) is 38.8 Å². The number of piperazine rings is 1. The van der Waals surface area contributed by atoms with Gasteiger partial charge in [-0.15, -0.1) is 0 Å². The molecule has 1 aliphatic rings. The van der Waals surface area contributed by atoms with Crippen LogP contribution in [0.2, 0.25) is 10.0 Å². The van der Waals surface area contributed by atoms with Gasteiger partial charge >= 0.3 is 0 Å². The van der Waals surface area contributed by atoms with Crippen LogP contribution >= 0.6 is 23.2 Å². The molecule has 0 radical (unpaired) electrons. The third kappa shape index (κ3) is 4.55. The Hall–Kier alpha value is -1.10. The maximum absolute atomic E-state index is 9.05. The van der Waals surface area contributed by atoms with Crippen LogP contribution in [-0.2, 0) is 0 Å². The number of hydrogen-bond acceptors (Lipinski definition) is 3. The smallest absolute Gasteiger partial charge is 0.0598 e. The van der Waals surface area contributed by atoms with E-state index < -0.39 is 0 Å². The maximum atomic E-state index is 9.05. The molecule has 3 rings (SSSR count). The topological polar surface area (TPSA) is 26.7 Å². The largest absolute Gasteiger partial charge is 0.395 e. The van der Waals surface area contributed by atoms with E-state index >= 15 is 0 Å². The van der Waals surface area contributed by atoms with Crippen molar-refractivity contribution in [3.8, 4) is 11.1 Å². The summed E-state index contributed by atoms with van der Waals surface area (Å²) in [4.78, 5) is 4.82. The number of β-amino-alcohol motifs (C(OH)–C–C–N with tert-alkyl or cyclic N) is 1. The number of benzene rings is 2. The van der Waals surface area contributed by atoms with Crippen molar-refractivity contribution in [3.63, 3.8) is 0 Å². The van der Waals surface area contributed by atoms with Crippen molar-refractivity contribution in [1.29, 1.82) is 0 Å². The first kappa shape index (κ1) is 18.7. The van der Waals surface area contributed by atoms with Gasteiger partial charge in [0.2, 0.25) is 0 Å². The summed E-state index contributed by atoms with van der Waals surface area (Å²) in [6.45, 7) is 7.39. The molecule has 0 saturated carbocycles. The summed E-state index contributed by atoms with van der Waals surface area (Å²) < 4.78 is 0. The van der Waals surface area contributed by atoms with Crippen LogP contribution in [0.15, 0.2) is 42.5 Å². The van der Waals surface area contributed by atoms with E-state index in [2.05, 4.69) is 41.0 Å². The second-order valence-electron chi connectivity index (χ2n) is 6.53. The summed E-state index contributed by atoms with van der Waals surface area (Å²) in [5.41, 5.74) is 3.54. The van der Waals surface area contributed by atoms with E-state index in [1.165, 1.54) is 5.56 Å². The number of rotatable bonds is 5. The van der Waals surface area contributed by atoms with E-state index in [1.807, 2.05) is 18.2 Å². The van der Waals surface area contributed by atoms with Gasteiger partial charge in [-0.3, -0.25) is 9.80 Å². The molecule has 2 aromatic carbocycles. The van der Waals surface area contributed by atoms with Gasteiger partial charge < -0.3 is 5.11 Å². The Balaban J connectivity index is 1.66. The third-order valence-corrected chi connectivity index (χ3v) is 5.76. The van der Waals surface area contributed by atoms with Crippen molar-refractivity contribution in [2.45, 2.75) is 13.0 Å². The van der Waals surface area contributed by atoms with E-state index in [9.17, 15) is 0 Å². The maximum Gasteiger partial charge on any atom is 0.0598 e. The molecular formula is C20H24Cl2N2O. The van der Waals surface area contributed by atoms with E-state index in [0.29, 0.717) is 16.1 Å². The van der Waals surface area contributed by atoms with E-state index in [0.717, 1.165) is 43.9 Å². The molecule has 1 fully saturated rings. The van der Waals surface area contributed by atoms with Crippen LogP contribution < -0.4 is 0 Å². The van der Waals surface area contributed by atoms with Crippen LogP contribution in [0.1, 0.15) is 18.5 Å². The molecule has 0 aliphatic carbocycles. The Morgan fingerprint density at radius 3 is 2.16 bits per heavy atom. The predicted molar refractivity (Wildman–Crippen MR) is 105 cm³/mol. The van der Waals surface area contributed by atoms with Crippen LogP contribution in [0.5, 0.6) is 0 Å². The zero-order chi connectivity index (χ0) is 17.8. The number of hydrogen-bond donors (Lipinski definition) is 1. The van der Waals surface area contributed by atoms with Crippen molar-refractivity contribution in [2.24, 2.45) is 0 Å². The molecule has 5 heteroatoms. The second kappa shape index (κ2) is 8.52. The minimum atomic E-state index is 0.242. The second-order valence-corrected chi connectivity index (χ2v) is 7.34. The fourth-order valence-corrected chi connectivity index (χ4v) is 3.65. The molecule has 1 N–H and O–H groups in total. The predicted octanol–water partition coefficient (Wildman–Crippen LogP) is 4.33. The van der Waals surface area contributed by atoms with Crippen molar-refractivity contribution < 1.29 is 5.11 Å². The number of halogens is 2. The van der Waals surface area contributed by atoms with Crippen LogP contribution in [0.25, 0.3) is 11.1 Å². The SMILES string of the molecule is CC(c1ccc(-c2ccc(Cl)c(Cl)c2)cc1)N1CCN(CCO)CC1. The van der Waals surface area contributed by atoms with Gasteiger partial charge in [-0.1, -0.05) is 53.5 Å². The Morgan fingerprint density at radius 2 is 1.56 bits per heavy atom. The lowest BCUT2D eigenvalue weighted by molar-refractivity contribution is 0.0888. The van der Waals surface area contributed by atoms with Crippen molar-refractivity contribution >= 4 is 23.2 Å². The van der Waals surface area contributed by atoms with Gasteiger partial charge in [-0.2, -0.15) is 0 Å². The summed E-state index contributed by atoms with van der Waals surface area (Å²) in [6.07, 6.45) is 0. The van der Waals surface area contributed by atoms with Gasteiger partial charge in [-0.05, 0) is 35.7 Å². The fraction of sp³-hybridized carbons (Fsp3) is 0.400. The normalized spacial score (nSPS) is 17.6. The summed E-state index contributed by atoms with van der Waals surface area (Å²) in [7, 11) is 0. The van der Waals surface area contributed by atoms with Gasteiger partial charge in [0.05, 0.1) is 16.7 Å². The minimum absolute atomic E-state index is 0.242. The average molecular weight is 379 g/mol. The Morgan fingerprint density at radius 1 is 0.920 bits per heavy atom. The van der Waals surface area contributed by atoms with E-state index in [1.54, 1.807) is 0 Å². The number of aliphatic hydroxyl groups is 1. The summed E-state index contributed by atoms with van der Waals surface area (Å²) in [5, 5.41) is 10.2. The van der Waals surface area contributed by atoms with Gasteiger partial charge in [-0.25, -0.2) is 0 Å². The molecule has 1 atom stereocenters. The lowest BCUT2D eigenvalue weighted by Gasteiger charge is -2.38. The zero-order valence-electron chi connectivity index (χ0n) is 14.5. The summed E-state index contributed by atoms with van der Waals surface area (Å²) in [5.74, 6) is 0. The highest BCUT2D eigenvalue weighted by molar-refractivity contribution is 6.42. The molecular weight excluding hydrogens is 355 g/mol. The van der Waals surface area contributed by atoms with Gasteiger partial charge in [0.1, 0.15) is 0 Å². The molecule has 1 aliphatic heterocycles. The molecule has 0 amide bonds.